The largest absolute Gasteiger partial charge is 0.485 e. The average molecular weight is 285 g/mol. The van der Waals surface area contributed by atoms with E-state index in [9.17, 15) is 14.9 Å². The van der Waals surface area contributed by atoms with Gasteiger partial charge in [-0.1, -0.05) is 19.1 Å². The molecular weight excluding hydrogens is 270 g/mol. The Morgan fingerprint density at radius 3 is 2.52 bits per heavy atom. The number of nitrogens with zero attached hydrogens (tertiary/aromatic N) is 1. The van der Waals surface area contributed by atoms with Crippen LogP contribution in [0.1, 0.15) is 22.8 Å². The Labute approximate surface area is 122 Å². The van der Waals surface area contributed by atoms with E-state index in [4.69, 9.17) is 4.74 Å². The van der Waals surface area contributed by atoms with Gasteiger partial charge in [-0.05, 0) is 36.2 Å². The second-order valence-corrected chi connectivity index (χ2v) is 4.52. The number of aryl methyl sites for hydroxylation is 1. The van der Waals surface area contributed by atoms with Gasteiger partial charge < -0.3 is 4.74 Å². The highest BCUT2D eigenvalue weighted by Crippen LogP contribution is 2.15. The number of nitro benzene ring substituents is 1. The van der Waals surface area contributed by atoms with Gasteiger partial charge >= 0.3 is 0 Å². The number of hydrogen-bond donors (Lipinski definition) is 0. The molecule has 5 heteroatoms. The molecule has 0 saturated carbocycles. The third kappa shape index (κ3) is 3.89. The SMILES string of the molecule is CCc1cccc(OCC(=O)c2ccc([N+](=O)[O-])cc2)c1. The topological polar surface area (TPSA) is 69.4 Å². The fourth-order valence-electron chi connectivity index (χ4n) is 1.86. The van der Waals surface area contributed by atoms with Crippen molar-refractivity contribution in [2.45, 2.75) is 13.3 Å². The number of non-ortho nitro benzene ring substituents is 1. The summed E-state index contributed by atoms with van der Waals surface area (Å²) in [4.78, 5) is 22.0. The van der Waals surface area contributed by atoms with Crippen LogP contribution >= 0.6 is 0 Å². The molecule has 0 heterocycles. The van der Waals surface area contributed by atoms with Crippen LogP contribution < -0.4 is 4.74 Å². The lowest BCUT2D eigenvalue weighted by molar-refractivity contribution is -0.384. The molecule has 0 saturated heterocycles. The molecular formula is C16H15NO4. The monoisotopic (exact) mass is 285 g/mol. The van der Waals surface area contributed by atoms with E-state index in [0.29, 0.717) is 11.3 Å². The lowest BCUT2D eigenvalue weighted by Gasteiger charge is -2.07. The average Bonchev–Trinajstić information content (AvgIpc) is 2.53. The van der Waals surface area contributed by atoms with Crippen LogP contribution in [0.3, 0.4) is 0 Å². The first kappa shape index (κ1) is 14.7. The Morgan fingerprint density at radius 2 is 1.90 bits per heavy atom. The summed E-state index contributed by atoms with van der Waals surface area (Å²) in [5.41, 5.74) is 1.49. The van der Waals surface area contributed by atoms with E-state index in [1.165, 1.54) is 24.3 Å². The number of ether oxygens (including phenoxy) is 1. The molecule has 0 spiro atoms. The van der Waals surface area contributed by atoms with Gasteiger partial charge in [0.2, 0.25) is 0 Å². The van der Waals surface area contributed by atoms with Crippen LogP contribution in [0.25, 0.3) is 0 Å². The maximum Gasteiger partial charge on any atom is 0.269 e. The van der Waals surface area contributed by atoms with Crippen molar-refractivity contribution in [1.29, 1.82) is 0 Å². The number of carbonyl (C=O) groups is 1. The van der Waals surface area contributed by atoms with Crippen molar-refractivity contribution in [2.75, 3.05) is 6.61 Å². The van der Waals surface area contributed by atoms with E-state index in [1.807, 2.05) is 25.1 Å². The summed E-state index contributed by atoms with van der Waals surface area (Å²) in [6.45, 7) is 1.95. The first-order valence-corrected chi connectivity index (χ1v) is 6.59. The molecule has 21 heavy (non-hydrogen) atoms. The zero-order chi connectivity index (χ0) is 15.2. The first-order chi connectivity index (χ1) is 10.1. The molecule has 0 radical (unpaired) electrons. The van der Waals surface area contributed by atoms with Crippen LogP contribution in [0.4, 0.5) is 5.69 Å². The minimum absolute atomic E-state index is 0.0388. The van der Waals surface area contributed by atoms with Gasteiger partial charge in [0.1, 0.15) is 5.75 Å². The van der Waals surface area contributed by atoms with Crippen LogP contribution in [0.15, 0.2) is 48.5 Å². The van der Waals surface area contributed by atoms with Gasteiger partial charge in [0.15, 0.2) is 12.4 Å². The minimum Gasteiger partial charge on any atom is -0.485 e. The third-order valence-corrected chi connectivity index (χ3v) is 3.08. The molecule has 2 aromatic carbocycles. The number of rotatable bonds is 6. The Hall–Kier alpha value is -2.69. The number of hydrogen-bond acceptors (Lipinski definition) is 4. The third-order valence-electron chi connectivity index (χ3n) is 3.08. The molecule has 2 rings (SSSR count). The van der Waals surface area contributed by atoms with Gasteiger partial charge in [0.25, 0.3) is 5.69 Å². The van der Waals surface area contributed by atoms with E-state index >= 15 is 0 Å². The molecule has 0 bridgehead atoms. The molecule has 108 valence electrons. The van der Waals surface area contributed by atoms with E-state index in [1.54, 1.807) is 6.07 Å². The maximum atomic E-state index is 12.0. The smallest absolute Gasteiger partial charge is 0.269 e. The molecule has 2 aromatic rings. The predicted molar refractivity (Wildman–Crippen MR) is 78.7 cm³/mol. The Kier molecular flexibility index (Phi) is 4.66. The second kappa shape index (κ2) is 6.65. The fraction of sp³-hybridized carbons (Fsp3) is 0.188. The summed E-state index contributed by atoms with van der Waals surface area (Å²) in [6.07, 6.45) is 0.896. The zero-order valence-corrected chi connectivity index (χ0v) is 11.6. The molecule has 0 aromatic heterocycles. The van der Waals surface area contributed by atoms with E-state index in [-0.39, 0.29) is 18.1 Å². The summed E-state index contributed by atoms with van der Waals surface area (Å²) in [7, 11) is 0. The Balaban J connectivity index is 1.99. The van der Waals surface area contributed by atoms with Crippen LogP contribution in [0.5, 0.6) is 5.75 Å². The van der Waals surface area contributed by atoms with E-state index < -0.39 is 4.92 Å². The van der Waals surface area contributed by atoms with Crippen molar-refractivity contribution < 1.29 is 14.5 Å². The van der Waals surface area contributed by atoms with Gasteiger partial charge in [-0.15, -0.1) is 0 Å². The fourth-order valence-corrected chi connectivity index (χ4v) is 1.86. The van der Waals surface area contributed by atoms with Gasteiger partial charge in [0.05, 0.1) is 4.92 Å². The van der Waals surface area contributed by atoms with Gasteiger partial charge in [-0.3, -0.25) is 14.9 Å². The van der Waals surface area contributed by atoms with Crippen LogP contribution in [0, 0.1) is 10.1 Å². The van der Waals surface area contributed by atoms with E-state index in [0.717, 1.165) is 12.0 Å². The molecule has 0 unspecified atom stereocenters. The normalized spacial score (nSPS) is 10.1. The van der Waals surface area contributed by atoms with Crippen molar-refractivity contribution in [3.63, 3.8) is 0 Å². The lowest BCUT2D eigenvalue weighted by Crippen LogP contribution is -2.11. The Bertz CT molecular complexity index is 650. The molecule has 0 aliphatic carbocycles. The highest BCUT2D eigenvalue weighted by molar-refractivity contribution is 5.97. The highest BCUT2D eigenvalue weighted by Gasteiger charge is 2.10. The molecule has 0 aliphatic heterocycles. The highest BCUT2D eigenvalue weighted by atomic mass is 16.6. The van der Waals surface area contributed by atoms with Crippen LogP contribution in [-0.4, -0.2) is 17.3 Å². The summed E-state index contributed by atoms with van der Waals surface area (Å²) < 4.78 is 5.46. The predicted octanol–water partition coefficient (Wildman–Crippen LogP) is 3.42. The van der Waals surface area contributed by atoms with Gasteiger partial charge in [-0.2, -0.15) is 0 Å². The standard InChI is InChI=1S/C16H15NO4/c1-2-12-4-3-5-15(10-12)21-11-16(18)13-6-8-14(9-7-13)17(19)20/h3-10H,2,11H2,1H3. The number of benzene rings is 2. The minimum atomic E-state index is -0.499. The van der Waals surface area contributed by atoms with Gasteiger partial charge in [0, 0.05) is 17.7 Å². The van der Waals surface area contributed by atoms with Gasteiger partial charge in [-0.25, -0.2) is 0 Å². The number of ketones is 1. The number of Topliss-reactive ketones (excluding diaryl/α,β-unsaturated/α-hetero) is 1. The molecule has 0 N–H and O–H groups in total. The van der Waals surface area contributed by atoms with Crippen LogP contribution in [0.2, 0.25) is 0 Å². The lowest BCUT2D eigenvalue weighted by atomic mass is 10.1. The maximum absolute atomic E-state index is 12.0. The van der Waals surface area contributed by atoms with Crippen molar-refractivity contribution in [3.8, 4) is 5.75 Å². The van der Waals surface area contributed by atoms with Crippen molar-refractivity contribution in [3.05, 3.63) is 69.8 Å². The number of carbonyl (C=O) groups excluding carboxylic acids is 1. The van der Waals surface area contributed by atoms with Crippen molar-refractivity contribution >= 4 is 11.5 Å². The number of nitro groups is 1. The summed E-state index contributed by atoms with van der Waals surface area (Å²) in [6, 6.07) is 13.1. The Morgan fingerprint density at radius 1 is 1.19 bits per heavy atom. The first-order valence-electron chi connectivity index (χ1n) is 6.59. The van der Waals surface area contributed by atoms with Crippen molar-refractivity contribution in [1.82, 2.24) is 0 Å². The molecule has 5 nitrogen and oxygen atoms in total. The molecule has 0 aliphatic rings. The summed E-state index contributed by atoms with van der Waals surface area (Å²) in [5.74, 6) is 0.427. The summed E-state index contributed by atoms with van der Waals surface area (Å²) in [5, 5.41) is 10.5. The quantitative estimate of drug-likeness (QED) is 0.463. The summed E-state index contributed by atoms with van der Waals surface area (Å²) >= 11 is 0. The molecule has 0 fully saturated rings. The van der Waals surface area contributed by atoms with Crippen molar-refractivity contribution in [2.24, 2.45) is 0 Å². The zero-order valence-electron chi connectivity index (χ0n) is 11.6. The molecule has 0 amide bonds. The molecule has 0 atom stereocenters. The van der Waals surface area contributed by atoms with E-state index in [2.05, 4.69) is 0 Å². The van der Waals surface area contributed by atoms with Crippen LogP contribution in [-0.2, 0) is 6.42 Å². The second-order valence-electron chi connectivity index (χ2n) is 4.52.